The van der Waals surface area contributed by atoms with Crippen molar-refractivity contribution in [2.45, 2.75) is 19.9 Å². The van der Waals surface area contributed by atoms with E-state index in [1.807, 2.05) is 0 Å². The molecule has 1 amide bonds. The number of aryl methyl sites for hydroxylation is 1. The monoisotopic (exact) mass is 538 g/mol. The molecule has 0 fully saturated rings. The molecule has 10 heteroatoms. The molecular formula is C25H23BrN4O5. The largest absolute Gasteiger partial charge is 0.462 e. The number of amides is 1. The third kappa shape index (κ3) is 5.08. The fraction of sp³-hybridized carbons (Fsp3) is 0.240. The van der Waals surface area contributed by atoms with Gasteiger partial charge in [-0.05, 0) is 49.7 Å². The summed E-state index contributed by atoms with van der Waals surface area (Å²) in [7, 11) is 1.58. The summed E-state index contributed by atoms with van der Waals surface area (Å²) in [5.74, 6) is -1.23. The van der Waals surface area contributed by atoms with Gasteiger partial charge in [0.25, 0.3) is 11.5 Å². The molecule has 0 radical (unpaired) electrons. The lowest BCUT2D eigenvalue weighted by Crippen LogP contribution is -2.33. The maximum atomic E-state index is 13.3. The quantitative estimate of drug-likeness (QED) is 0.203. The average Bonchev–Trinajstić information content (AvgIpc) is 2.85. The van der Waals surface area contributed by atoms with E-state index in [9.17, 15) is 14.4 Å². The Bertz CT molecular complexity index is 1560. The van der Waals surface area contributed by atoms with Gasteiger partial charge in [-0.1, -0.05) is 28.1 Å². The summed E-state index contributed by atoms with van der Waals surface area (Å²) in [5, 5.41) is 0.211. The first-order valence-electron chi connectivity index (χ1n) is 11.0. The average molecular weight is 539 g/mol. The SMILES string of the molecule is CCOC(=O)c1cc2c(=O)n3ccccc3nc2n(CCCOC)c1=NC(=O)c1cccc(Br)c1. The van der Waals surface area contributed by atoms with Crippen LogP contribution in [0.1, 0.15) is 34.1 Å². The molecule has 3 aromatic heterocycles. The van der Waals surface area contributed by atoms with E-state index < -0.39 is 11.9 Å². The zero-order chi connectivity index (χ0) is 24.9. The van der Waals surface area contributed by atoms with Crippen LogP contribution >= 0.6 is 15.9 Å². The van der Waals surface area contributed by atoms with Crippen LogP contribution in [0, 0.1) is 0 Å². The van der Waals surface area contributed by atoms with Crippen LogP contribution in [0.15, 0.2) is 69.0 Å². The fourth-order valence-corrected chi connectivity index (χ4v) is 4.12. The van der Waals surface area contributed by atoms with E-state index in [2.05, 4.69) is 25.9 Å². The smallest absolute Gasteiger partial charge is 0.341 e. The van der Waals surface area contributed by atoms with Crippen molar-refractivity contribution in [3.05, 3.63) is 86.2 Å². The minimum atomic E-state index is -0.687. The number of hydrogen-bond donors (Lipinski definition) is 0. The van der Waals surface area contributed by atoms with Crippen LogP contribution < -0.4 is 11.0 Å². The van der Waals surface area contributed by atoms with Crippen molar-refractivity contribution in [1.82, 2.24) is 14.0 Å². The molecule has 0 aliphatic carbocycles. The number of nitrogens with zero attached hydrogens (tertiary/aromatic N) is 4. The molecule has 4 rings (SSSR count). The van der Waals surface area contributed by atoms with E-state index in [-0.39, 0.29) is 28.6 Å². The zero-order valence-electron chi connectivity index (χ0n) is 19.2. The summed E-state index contributed by atoms with van der Waals surface area (Å²) in [6.45, 7) is 2.52. The number of esters is 1. The highest BCUT2D eigenvalue weighted by molar-refractivity contribution is 9.10. The predicted molar refractivity (Wildman–Crippen MR) is 133 cm³/mol. The summed E-state index contributed by atoms with van der Waals surface area (Å²) in [5.41, 5.74) is 0.814. The van der Waals surface area contributed by atoms with E-state index in [4.69, 9.17) is 9.47 Å². The molecule has 0 aliphatic rings. The van der Waals surface area contributed by atoms with Gasteiger partial charge in [0, 0.05) is 36.5 Å². The van der Waals surface area contributed by atoms with Crippen LogP contribution in [0.25, 0.3) is 16.7 Å². The maximum Gasteiger partial charge on any atom is 0.341 e. The molecule has 0 saturated heterocycles. The standard InChI is InChI=1S/C25H23BrN4O5/c1-3-35-25(33)19-15-18-21(27-20-10-4-5-11-29(20)24(18)32)30(12-7-13-34-2)22(19)28-23(31)16-8-6-9-17(26)14-16/h4-6,8-11,14-15H,3,7,12-13H2,1-2H3. The minimum absolute atomic E-state index is 0.00916. The van der Waals surface area contributed by atoms with Crippen LogP contribution in [0.3, 0.4) is 0 Å². The van der Waals surface area contributed by atoms with Crippen LogP contribution in [0.2, 0.25) is 0 Å². The van der Waals surface area contributed by atoms with Crippen LogP contribution in [-0.2, 0) is 16.0 Å². The van der Waals surface area contributed by atoms with Crippen LogP contribution in [0.5, 0.6) is 0 Å². The van der Waals surface area contributed by atoms with Gasteiger partial charge in [0.2, 0.25) is 0 Å². The first kappa shape index (κ1) is 24.5. The number of aromatic nitrogens is 3. The third-order valence-electron chi connectivity index (χ3n) is 5.29. The molecule has 9 nitrogen and oxygen atoms in total. The summed E-state index contributed by atoms with van der Waals surface area (Å²) in [6, 6.07) is 13.4. The Morgan fingerprint density at radius 1 is 1.14 bits per heavy atom. The molecule has 0 unspecified atom stereocenters. The Morgan fingerprint density at radius 2 is 1.97 bits per heavy atom. The van der Waals surface area contributed by atoms with Gasteiger partial charge in [0.1, 0.15) is 16.9 Å². The lowest BCUT2D eigenvalue weighted by atomic mass is 10.2. The first-order valence-corrected chi connectivity index (χ1v) is 11.8. The predicted octanol–water partition coefficient (Wildman–Crippen LogP) is 3.37. The number of ether oxygens (including phenoxy) is 2. The first-order chi connectivity index (χ1) is 16.9. The van der Waals surface area contributed by atoms with Gasteiger partial charge in [-0.2, -0.15) is 4.99 Å². The van der Waals surface area contributed by atoms with Gasteiger partial charge < -0.3 is 14.0 Å². The van der Waals surface area contributed by atoms with Gasteiger partial charge in [0.15, 0.2) is 5.49 Å². The number of pyridine rings is 2. The second-order valence-corrected chi connectivity index (χ2v) is 8.53. The molecule has 0 bridgehead atoms. The van der Waals surface area contributed by atoms with Crippen LogP contribution in [-0.4, -0.2) is 46.2 Å². The van der Waals surface area contributed by atoms with Crippen molar-refractivity contribution in [2.24, 2.45) is 4.99 Å². The van der Waals surface area contributed by atoms with E-state index >= 15 is 0 Å². The number of halogens is 1. The Hall–Kier alpha value is -3.63. The lowest BCUT2D eigenvalue weighted by molar-refractivity contribution is 0.0523. The molecule has 0 N–H and O–H groups in total. The topological polar surface area (TPSA) is 104 Å². The summed E-state index contributed by atoms with van der Waals surface area (Å²) < 4.78 is 14.2. The van der Waals surface area contributed by atoms with Gasteiger partial charge in [-0.3, -0.25) is 14.0 Å². The number of carbonyl (C=O) groups is 2. The minimum Gasteiger partial charge on any atom is -0.462 e. The number of carbonyl (C=O) groups excluding carboxylic acids is 2. The molecule has 3 heterocycles. The molecule has 180 valence electrons. The summed E-state index contributed by atoms with van der Waals surface area (Å²) in [4.78, 5) is 48.4. The number of benzene rings is 1. The highest BCUT2D eigenvalue weighted by Gasteiger charge is 2.20. The summed E-state index contributed by atoms with van der Waals surface area (Å²) in [6.07, 6.45) is 2.14. The molecular weight excluding hydrogens is 516 g/mol. The van der Waals surface area contributed by atoms with Crippen molar-refractivity contribution in [3.63, 3.8) is 0 Å². The normalized spacial score (nSPS) is 11.8. The van der Waals surface area contributed by atoms with E-state index in [1.165, 1.54) is 10.5 Å². The maximum absolute atomic E-state index is 13.3. The van der Waals surface area contributed by atoms with Crippen molar-refractivity contribution >= 4 is 44.5 Å². The Labute approximate surface area is 208 Å². The molecule has 1 aromatic carbocycles. The number of methoxy groups -OCH3 is 1. The molecule has 35 heavy (non-hydrogen) atoms. The van der Waals surface area contributed by atoms with E-state index in [0.717, 1.165) is 4.47 Å². The zero-order valence-corrected chi connectivity index (χ0v) is 20.8. The third-order valence-corrected chi connectivity index (χ3v) is 5.79. The van der Waals surface area contributed by atoms with Crippen molar-refractivity contribution in [2.75, 3.05) is 20.3 Å². The molecule has 0 saturated carbocycles. The van der Waals surface area contributed by atoms with E-state index in [0.29, 0.717) is 36.4 Å². The molecule has 0 atom stereocenters. The second kappa shape index (κ2) is 10.7. The van der Waals surface area contributed by atoms with Crippen molar-refractivity contribution in [3.8, 4) is 0 Å². The van der Waals surface area contributed by atoms with Crippen molar-refractivity contribution in [1.29, 1.82) is 0 Å². The Kier molecular flexibility index (Phi) is 7.52. The fourth-order valence-electron chi connectivity index (χ4n) is 3.72. The number of fused-ring (bicyclic) bond motifs is 2. The number of hydrogen-bond acceptors (Lipinski definition) is 6. The van der Waals surface area contributed by atoms with Crippen LogP contribution in [0.4, 0.5) is 0 Å². The highest BCUT2D eigenvalue weighted by atomic mass is 79.9. The molecule has 0 aliphatic heterocycles. The second-order valence-electron chi connectivity index (χ2n) is 7.61. The van der Waals surface area contributed by atoms with Gasteiger partial charge >= 0.3 is 5.97 Å². The van der Waals surface area contributed by atoms with Gasteiger partial charge in [-0.15, -0.1) is 0 Å². The van der Waals surface area contributed by atoms with Gasteiger partial charge in [0.05, 0.1) is 12.0 Å². The van der Waals surface area contributed by atoms with Crippen molar-refractivity contribution < 1.29 is 19.1 Å². The Morgan fingerprint density at radius 3 is 2.71 bits per heavy atom. The molecule has 4 aromatic rings. The van der Waals surface area contributed by atoms with E-state index in [1.54, 1.807) is 67.3 Å². The van der Waals surface area contributed by atoms with Gasteiger partial charge in [-0.25, -0.2) is 9.78 Å². The number of rotatable bonds is 7. The molecule has 0 spiro atoms. The lowest BCUT2D eigenvalue weighted by Gasteiger charge is -2.15. The summed E-state index contributed by atoms with van der Waals surface area (Å²) >= 11 is 3.36. The Balaban J connectivity index is 2.09. The highest BCUT2D eigenvalue weighted by Crippen LogP contribution is 2.14.